The fourth-order valence-electron chi connectivity index (χ4n) is 4.35. The first kappa shape index (κ1) is 23.9. The van der Waals surface area contributed by atoms with Crippen LogP contribution in [-0.2, 0) is 14.8 Å². The molecule has 174 valence electrons. The van der Waals surface area contributed by atoms with Gasteiger partial charge in [-0.15, -0.1) is 11.3 Å². The summed E-state index contributed by atoms with van der Waals surface area (Å²) < 4.78 is 27.1. The average Bonchev–Trinajstić information content (AvgIpc) is 3.21. The van der Waals surface area contributed by atoms with Crippen LogP contribution in [0.25, 0.3) is 11.3 Å². The number of aromatic nitrogens is 1. The Kier molecular flexibility index (Phi) is 6.91. The lowest BCUT2D eigenvalue weighted by atomic mass is 9.97. The van der Waals surface area contributed by atoms with Crippen LogP contribution in [0.15, 0.2) is 46.7 Å². The van der Waals surface area contributed by atoms with Crippen molar-refractivity contribution in [2.24, 2.45) is 5.92 Å². The van der Waals surface area contributed by atoms with Gasteiger partial charge in [0.2, 0.25) is 15.9 Å². The number of amides is 1. The van der Waals surface area contributed by atoms with Crippen LogP contribution in [0.1, 0.15) is 29.5 Å². The summed E-state index contributed by atoms with van der Waals surface area (Å²) in [5.41, 5.74) is 5.48. The topological polar surface area (TPSA) is 79.4 Å². The maximum atomic E-state index is 12.9. The summed E-state index contributed by atoms with van der Waals surface area (Å²) >= 11 is 7.27. The van der Waals surface area contributed by atoms with E-state index < -0.39 is 10.0 Å². The minimum Gasteiger partial charge on any atom is -0.302 e. The molecule has 6 nitrogen and oxygen atoms in total. The van der Waals surface area contributed by atoms with Gasteiger partial charge in [0.05, 0.1) is 10.6 Å². The lowest BCUT2D eigenvalue weighted by Gasteiger charge is -2.30. The standard InChI is InChI=1S/C24H26ClN3O3S2/c1-15-12-16(2)22(17(3)13-15)21-14-32-24(26-21)27-23(29)18-8-10-28(11-9-18)33(30,31)20-6-4-19(25)5-7-20/h4-7,12-14,18H,8-11H2,1-3H3,(H,26,27,29). The Morgan fingerprint density at radius 2 is 1.70 bits per heavy atom. The molecule has 1 N–H and O–H groups in total. The van der Waals surface area contributed by atoms with Gasteiger partial charge in [0.15, 0.2) is 5.13 Å². The quantitative estimate of drug-likeness (QED) is 0.503. The highest BCUT2D eigenvalue weighted by Crippen LogP contribution is 2.32. The van der Waals surface area contributed by atoms with E-state index >= 15 is 0 Å². The number of anilines is 1. The molecule has 0 bridgehead atoms. The molecule has 1 aromatic heterocycles. The van der Waals surface area contributed by atoms with E-state index in [0.717, 1.165) is 22.4 Å². The normalized spacial score (nSPS) is 15.5. The lowest BCUT2D eigenvalue weighted by molar-refractivity contribution is -0.120. The van der Waals surface area contributed by atoms with E-state index in [1.165, 1.54) is 33.3 Å². The second kappa shape index (κ2) is 9.54. The summed E-state index contributed by atoms with van der Waals surface area (Å²) in [5, 5.41) is 5.94. The van der Waals surface area contributed by atoms with Crippen LogP contribution in [0.2, 0.25) is 5.02 Å². The van der Waals surface area contributed by atoms with E-state index in [1.54, 1.807) is 12.1 Å². The van der Waals surface area contributed by atoms with Crippen molar-refractivity contribution >= 4 is 44.0 Å². The molecule has 0 saturated carbocycles. The highest BCUT2D eigenvalue weighted by molar-refractivity contribution is 7.89. The number of hydrogen-bond donors (Lipinski definition) is 1. The van der Waals surface area contributed by atoms with Crippen molar-refractivity contribution in [3.63, 3.8) is 0 Å². The molecule has 4 rings (SSSR count). The Morgan fingerprint density at radius 1 is 1.09 bits per heavy atom. The first-order valence-corrected chi connectivity index (χ1v) is 13.5. The Labute approximate surface area is 203 Å². The SMILES string of the molecule is Cc1cc(C)c(-c2csc(NC(=O)C3CCN(S(=O)(=O)c4ccc(Cl)cc4)CC3)n2)c(C)c1. The molecule has 1 amide bonds. The number of rotatable bonds is 5. The van der Waals surface area contributed by atoms with Crippen molar-refractivity contribution in [2.75, 3.05) is 18.4 Å². The zero-order chi connectivity index (χ0) is 23.8. The van der Waals surface area contributed by atoms with Gasteiger partial charge in [0, 0.05) is 35.0 Å². The number of thiazole rings is 1. The number of carbonyl (C=O) groups is 1. The van der Waals surface area contributed by atoms with Crippen LogP contribution in [0.3, 0.4) is 0 Å². The van der Waals surface area contributed by atoms with Crippen molar-refractivity contribution in [1.82, 2.24) is 9.29 Å². The van der Waals surface area contributed by atoms with Crippen LogP contribution in [0.5, 0.6) is 0 Å². The predicted molar refractivity (Wildman–Crippen MR) is 133 cm³/mol. The van der Waals surface area contributed by atoms with Crippen LogP contribution in [0.4, 0.5) is 5.13 Å². The third kappa shape index (κ3) is 5.14. The van der Waals surface area contributed by atoms with Gasteiger partial charge in [-0.2, -0.15) is 4.31 Å². The molecule has 0 aliphatic carbocycles. The van der Waals surface area contributed by atoms with Gasteiger partial charge in [-0.05, 0) is 69.0 Å². The number of sulfonamides is 1. The van der Waals surface area contributed by atoms with Gasteiger partial charge >= 0.3 is 0 Å². The highest BCUT2D eigenvalue weighted by atomic mass is 35.5. The van der Waals surface area contributed by atoms with E-state index in [-0.39, 0.29) is 16.7 Å². The van der Waals surface area contributed by atoms with E-state index in [1.807, 2.05) is 5.38 Å². The summed E-state index contributed by atoms with van der Waals surface area (Å²) in [6.07, 6.45) is 0.931. The zero-order valence-electron chi connectivity index (χ0n) is 18.8. The fraction of sp³-hybridized carbons (Fsp3) is 0.333. The predicted octanol–water partition coefficient (Wildman–Crippen LogP) is 5.43. The molecule has 0 unspecified atom stereocenters. The summed E-state index contributed by atoms with van der Waals surface area (Å²) in [5.74, 6) is -0.367. The maximum Gasteiger partial charge on any atom is 0.243 e. The monoisotopic (exact) mass is 503 g/mol. The minimum atomic E-state index is -3.59. The Bertz CT molecular complexity index is 1260. The summed E-state index contributed by atoms with van der Waals surface area (Å²) in [4.78, 5) is 17.7. The van der Waals surface area contributed by atoms with Crippen molar-refractivity contribution in [3.05, 3.63) is 63.5 Å². The number of halogens is 1. The Balaban J connectivity index is 1.39. The Morgan fingerprint density at radius 3 is 2.30 bits per heavy atom. The number of nitrogens with zero attached hydrogens (tertiary/aromatic N) is 2. The van der Waals surface area contributed by atoms with Gasteiger partial charge in [0.25, 0.3) is 0 Å². The first-order chi connectivity index (χ1) is 15.6. The van der Waals surface area contributed by atoms with E-state index in [9.17, 15) is 13.2 Å². The first-order valence-electron chi connectivity index (χ1n) is 10.8. The van der Waals surface area contributed by atoms with Gasteiger partial charge < -0.3 is 5.32 Å². The largest absolute Gasteiger partial charge is 0.302 e. The highest BCUT2D eigenvalue weighted by Gasteiger charge is 2.32. The molecule has 3 aromatic rings. The number of benzene rings is 2. The molecule has 1 saturated heterocycles. The van der Waals surface area contributed by atoms with Crippen molar-refractivity contribution in [3.8, 4) is 11.3 Å². The molecule has 33 heavy (non-hydrogen) atoms. The molecule has 0 atom stereocenters. The van der Waals surface area contributed by atoms with Crippen LogP contribution in [-0.4, -0.2) is 36.7 Å². The van der Waals surface area contributed by atoms with Crippen LogP contribution in [0, 0.1) is 26.7 Å². The van der Waals surface area contributed by atoms with Gasteiger partial charge in [-0.3, -0.25) is 4.79 Å². The molecular weight excluding hydrogens is 478 g/mol. The molecule has 1 aliphatic heterocycles. The van der Waals surface area contributed by atoms with Crippen molar-refractivity contribution in [1.29, 1.82) is 0 Å². The third-order valence-corrected chi connectivity index (χ3v) is 8.87. The number of carbonyl (C=O) groups excluding carboxylic acids is 1. The molecule has 1 fully saturated rings. The summed E-state index contributed by atoms with van der Waals surface area (Å²) in [6.45, 7) is 6.81. The van der Waals surface area contributed by atoms with Crippen molar-refractivity contribution < 1.29 is 13.2 Å². The second-order valence-electron chi connectivity index (χ2n) is 8.43. The van der Waals surface area contributed by atoms with Crippen LogP contribution < -0.4 is 5.32 Å². The van der Waals surface area contributed by atoms with E-state index in [4.69, 9.17) is 11.6 Å². The molecule has 2 heterocycles. The van der Waals surface area contributed by atoms with E-state index in [0.29, 0.717) is 36.1 Å². The average molecular weight is 504 g/mol. The molecule has 1 aliphatic rings. The summed E-state index contributed by atoms with van der Waals surface area (Å²) in [6, 6.07) is 10.4. The molecule has 0 radical (unpaired) electrons. The van der Waals surface area contributed by atoms with Gasteiger partial charge in [-0.1, -0.05) is 29.3 Å². The number of hydrogen-bond acceptors (Lipinski definition) is 5. The molecule has 0 spiro atoms. The third-order valence-electron chi connectivity index (χ3n) is 5.94. The zero-order valence-corrected chi connectivity index (χ0v) is 21.1. The molecular formula is C24H26ClN3O3S2. The number of nitrogens with one attached hydrogen (secondary N) is 1. The molecule has 2 aromatic carbocycles. The smallest absolute Gasteiger partial charge is 0.243 e. The lowest BCUT2D eigenvalue weighted by Crippen LogP contribution is -2.41. The molecule has 9 heteroatoms. The maximum absolute atomic E-state index is 12.9. The second-order valence-corrected chi connectivity index (χ2v) is 11.7. The van der Waals surface area contributed by atoms with Gasteiger partial charge in [-0.25, -0.2) is 13.4 Å². The van der Waals surface area contributed by atoms with Crippen LogP contribution >= 0.6 is 22.9 Å². The number of piperidine rings is 1. The fourth-order valence-corrected chi connectivity index (χ4v) is 6.65. The number of aryl methyl sites for hydroxylation is 3. The summed E-state index contributed by atoms with van der Waals surface area (Å²) in [7, 11) is -3.59. The van der Waals surface area contributed by atoms with Gasteiger partial charge in [0.1, 0.15) is 0 Å². The van der Waals surface area contributed by atoms with E-state index in [2.05, 4.69) is 43.2 Å². The minimum absolute atomic E-state index is 0.114. The Hall–Kier alpha value is -2.26. The van der Waals surface area contributed by atoms with Crippen molar-refractivity contribution in [2.45, 2.75) is 38.5 Å².